The molecule has 0 spiro atoms. The van der Waals surface area contributed by atoms with E-state index in [1.165, 1.54) is 13.2 Å². The van der Waals surface area contributed by atoms with E-state index < -0.39 is 17.8 Å². The molecule has 4 amide bonds. The SMILES string of the molecule is COc1cccc(N2C(=O)C(=O)N(CCCOc3cccc(C)c3)C2=O)c1. The number of carbonyl (C=O) groups excluding carboxylic acids is 3. The molecule has 0 unspecified atom stereocenters. The smallest absolute Gasteiger partial charge is 0.338 e. The summed E-state index contributed by atoms with van der Waals surface area (Å²) in [5, 5.41) is 0. The largest absolute Gasteiger partial charge is 0.497 e. The van der Waals surface area contributed by atoms with Gasteiger partial charge >= 0.3 is 17.8 Å². The number of rotatable bonds is 7. The van der Waals surface area contributed by atoms with E-state index in [0.29, 0.717) is 24.5 Å². The van der Waals surface area contributed by atoms with Gasteiger partial charge in [0.05, 0.1) is 19.4 Å². The van der Waals surface area contributed by atoms with Crippen LogP contribution in [0.1, 0.15) is 12.0 Å². The first-order chi connectivity index (χ1) is 13.0. The van der Waals surface area contributed by atoms with Crippen molar-refractivity contribution in [1.82, 2.24) is 4.90 Å². The van der Waals surface area contributed by atoms with Gasteiger partial charge < -0.3 is 9.47 Å². The summed E-state index contributed by atoms with van der Waals surface area (Å²) in [7, 11) is 1.48. The molecule has 2 aromatic rings. The van der Waals surface area contributed by atoms with E-state index in [1.807, 2.05) is 31.2 Å². The Morgan fingerprint density at radius 3 is 2.41 bits per heavy atom. The highest BCUT2D eigenvalue weighted by Crippen LogP contribution is 2.26. The van der Waals surface area contributed by atoms with Gasteiger partial charge in [0, 0.05) is 12.6 Å². The van der Waals surface area contributed by atoms with E-state index in [9.17, 15) is 14.4 Å². The molecule has 7 nitrogen and oxygen atoms in total. The molecule has 1 aliphatic rings. The van der Waals surface area contributed by atoms with Crippen LogP contribution in [0.25, 0.3) is 0 Å². The number of hydrogen-bond donors (Lipinski definition) is 0. The fourth-order valence-electron chi connectivity index (χ4n) is 2.80. The number of amides is 4. The maximum absolute atomic E-state index is 12.6. The Balaban J connectivity index is 1.62. The molecule has 1 fully saturated rings. The number of anilines is 1. The number of imide groups is 2. The summed E-state index contributed by atoms with van der Waals surface area (Å²) in [5.41, 5.74) is 1.38. The number of methoxy groups -OCH3 is 1. The van der Waals surface area contributed by atoms with Gasteiger partial charge in [-0.2, -0.15) is 0 Å². The Labute approximate surface area is 157 Å². The molecule has 0 N–H and O–H groups in total. The summed E-state index contributed by atoms with van der Waals surface area (Å²) in [5.74, 6) is -0.486. The predicted molar refractivity (Wildman–Crippen MR) is 98.9 cm³/mol. The Hall–Kier alpha value is -3.35. The van der Waals surface area contributed by atoms with Gasteiger partial charge in [-0.15, -0.1) is 0 Å². The van der Waals surface area contributed by atoms with E-state index >= 15 is 0 Å². The molecule has 2 aromatic carbocycles. The summed E-state index contributed by atoms with van der Waals surface area (Å²) >= 11 is 0. The van der Waals surface area contributed by atoms with Gasteiger partial charge in [-0.05, 0) is 43.2 Å². The lowest BCUT2D eigenvalue weighted by Gasteiger charge is -2.16. The van der Waals surface area contributed by atoms with Crippen molar-refractivity contribution in [2.24, 2.45) is 0 Å². The average molecular weight is 368 g/mol. The fraction of sp³-hybridized carbons (Fsp3) is 0.250. The number of ether oxygens (including phenoxy) is 2. The van der Waals surface area contributed by atoms with Crippen molar-refractivity contribution in [3.63, 3.8) is 0 Å². The number of urea groups is 1. The zero-order chi connectivity index (χ0) is 19.4. The Kier molecular flexibility index (Phi) is 5.40. The van der Waals surface area contributed by atoms with Gasteiger partial charge in [0.1, 0.15) is 11.5 Å². The number of hydrogen-bond acceptors (Lipinski definition) is 5. The molecule has 0 aromatic heterocycles. The highest BCUT2D eigenvalue weighted by Gasteiger charge is 2.45. The van der Waals surface area contributed by atoms with Crippen molar-refractivity contribution in [1.29, 1.82) is 0 Å². The van der Waals surface area contributed by atoms with E-state index in [4.69, 9.17) is 9.47 Å². The Morgan fingerprint density at radius 1 is 0.926 bits per heavy atom. The van der Waals surface area contributed by atoms with E-state index in [1.54, 1.807) is 18.2 Å². The van der Waals surface area contributed by atoms with Gasteiger partial charge in [-0.25, -0.2) is 9.69 Å². The van der Waals surface area contributed by atoms with Crippen LogP contribution in [-0.2, 0) is 9.59 Å². The first kappa shape index (κ1) is 18.4. The third-order valence-corrected chi connectivity index (χ3v) is 4.15. The first-order valence-corrected chi connectivity index (χ1v) is 8.54. The van der Waals surface area contributed by atoms with Crippen LogP contribution in [0.4, 0.5) is 10.5 Å². The monoisotopic (exact) mass is 368 g/mol. The Bertz CT molecular complexity index is 880. The number of benzene rings is 2. The van der Waals surface area contributed by atoms with Crippen LogP contribution >= 0.6 is 0 Å². The van der Waals surface area contributed by atoms with Crippen molar-refractivity contribution in [3.05, 3.63) is 54.1 Å². The lowest BCUT2D eigenvalue weighted by atomic mass is 10.2. The average Bonchev–Trinajstić information content (AvgIpc) is 2.88. The highest BCUT2D eigenvalue weighted by molar-refractivity contribution is 6.52. The molecule has 0 aliphatic carbocycles. The first-order valence-electron chi connectivity index (χ1n) is 8.54. The second-order valence-corrected chi connectivity index (χ2v) is 6.10. The van der Waals surface area contributed by atoms with Gasteiger partial charge in [0.25, 0.3) is 0 Å². The summed E-state index contributed by atoms with van der Waals surface area (Å²) in [6.45, 7) is 2.40. The molecule has 1 heterocycles. The second kappa shape index (κ2) is 7.90. The fourth-order valence-corrected chi connectivity index (χ4v) is 2.80. The van der Waals surface area contributed by atoms with Crippen LogP contribution in [-0.4, -0.2) is 43.0 Å². The highest BCUT2D eigenvalue weighted by atomic mass is 16.5. The minimum Gasteiger partial charge on any atom is -0.497 e. The van der Waals surface area contributed by atoms with Gasteiger partial charge in [0.2, 0.25) is 0 Å². The molecule has 27 heavy (non-hydrogen) atoms. The van der Waals surface area contributed by atoms with Crippen molar-refractivity contribution in [3.8, 4) is 11.5 Å². The third-order valence-electron chi connectivity index (χ3n) is 4.15. The van der Waals surface area contributed by atoms with Gasteiger partial charge in [-0.3, -0.25) is 14.5 Å². The molecule has 0 bridgehead atoms. The van der Waals surface area contributed by atoms with Crippen molar-refractivity contribution in [2.75, 3.05) is 25.2 Å². The zero-order valence-electron chi connectivity index (χ0n) is 15.2. The number of aryl methyl sites for hydroxylation is 1. The minimum absolute atomic E-state index is 0.107. The molecule has 0 atom stereocenters. The third kappa shape index (κ3) is 3.92. The molecule has 0 saturated carbocycles. The minimum atomic E-state index is -0.868. The number of nitrogens with zero attached hydrogens (tertiary/aromatic N) is 2. The summed E-state index contributed by atoms with van der Waals surface area (Å²) in [6.07, 6.45) is 0.421. The summed E-state index contributed by atoms with van der Waals surface area (Å²) in [4.78, 5) is 38.8. The van der Waals surface area contributed by atoms with Crippen LogP contribution in [0.5, 0.6) is 11.5 Å². The molecule has 0 radical (unpaired) electrons. The summed E-state index contributed by atoms with van der Waals surface area (Å²) in [6, 6.07) is 13.4. The molecule has 7 heteroatoms. The number of carbonyl (C=O) groups is 3. The lowest BCUT2D eigenvalue weighted by Crippen LogP contribution is -2.34. The quantitative estimate of drug-likeness (QED) is 0.427. The van der Waals surface area contributed by atoms with Crippen molar-refractivity contribution < 1.29 is 23.9 Å². The van der Waals surface area contributed by atoms with Crippen molar-refractivity contribution >= 4 is 23.5 Å². The predicted octanol–water partition coefficient (Wildman–Crippen LogP) is 2.77. The molecule has 3 rings (SSSR count). The summed E-state index contributed by atoms with van der Waals surface area (Å²) < 4.78 is 10.7. The molecule has 1 aliphatic heterocycles. The van der Waals surface area contributed by atoms with E-state index in [0.717, 1.165) is 21.1 Å². The second-order valence-electron chi connectivity index (χ2n) is 6.10. The standard InChI is InChI=1S/C20H20N2O5/c1-14-6-3-9-17(12-14)27-11-5-10-21-18(23)19(24)22(20(21)25)15-7-4-8-16(13-15)26-2/h3-4,6-9,12-13H,5,10-11H2,1-2H3. The maximum atomic E-state index is 12.6. The van der Waals surface area contributed by atoms with Crippen molar-refractivity contribution in [2.45, 2.75) is 13.3 Å². The molecular formula is C20H20N2O5. The molecular weight excluding hydrogens is 348 g/mol. The van der Waals surface area contributed by atoms with Gasteiger partial charge in [-0.1, -0.05) is 18.2 Å². The lowest BCUT2D eigenvalue weighted by molar-refractivity contribution is -0.139. The molecule has 140 valence electrons. The zero-order valence-corrected chi connectivity index (χ0v) is 15.2. The van der Waals surface area contributed by atoms with Crippen LogP contribution in [0.3, 0.4) is 0 Å². The molecule has 1 saturated heterocycles. The van der Waals surface area contributed by atoms with Crippen LogP contribution in [0, 0.1) is 6.92 Å². The maximum Gasteiger partial charge on any atom is 0.338 e. The van der Waals surface area contributed by atoms with Crippen LogP contribution in [0.2, 0.25) is 0 Å². The van der Waals surface area contributed by atoms with Crippen LogP contribution in [0.15, 0.2) is 48.5 Å². The van der Waals surface area contributed by atoms with E-state index in [-0.39, 0.29) is 6.54 Å². The topological polar surface area (TPSA) is 76.2 Å². The van der Waals surface area contributed by atoms with Crippen LogP contribution < -0.4 is 14.4 Å². The van der Waals surface area contributed by atoms with Gasteiger partial charge in [0.15, 0.2) is 0 Å². The van der Waals surface area contributed by atoms with E-state index in [2.05, 4.69) is 0 Å². The Morgan fingerprint density at radius 2 is 1.67 bits per heavy atom. The normalized spacial score (nSPS) is 14.1.